The molecule has 0 bridgehead atoms. The molecule has 4 aromatic rings. The van der Waals surface area contributed by atoms with E-state index in [1.54, 1.807) is 6.07 Å². The first kappa shape index (κ1) is 21.1. The van der Waals surface area contributed by atoms with Gasteiger partial charge in [-0.3, -0.25) is 4.72 Å². The lowest BCUT2D eigenvalue weighted by Crippen LogP contribution is -2.16. The fraction of sp³-hybridized carbons (Fsp3) is 0.240. The topological polar surface area (TPSA) is 64.0 Å². The van der Waals surface area contributed by atoms with E-state index in [4.69, 9.17) is 4.98 Å². The number of nitrogens with one attached hydrogen (secondary N) is 1. The van der Waals surface area contributed by atoms with Crippen LogP contribution in [0.15, 0.2) is 65.6 Å². The quantitative estimate of drug-likeness (QED) is 0.461. The molecule has 0 aliphatic heterocycles. The smallest absolute Gasteiger partial charge is 0.262 e. The van der Waals surface area contributed by atoms with Gasteiger partial charge in [-0.1, -0.05) is 42.0 Å². The number of hydrogen-bond donors (Lipinski definition) is 1. The van der Waals surface area contributed by atoms with Crippen LogP contribution in [0.5, 0.6) is 0 Å². The van der Waals surface area contributed by atoms with Crippen molar-refractivity contribution < 1.29 is 8.42 Å². The third kappa shape index (κ3) is 4.35. The van der Waals surface area contributed by atoms with Gasteiger partial charge in [-0.15, -0.1) is 0 Å². The van der Waals surface area contributed by atoms with E-state index in [1.807, 2.05) is 76.3 Å². The number of aryl methyl sites for hydroxylation is 6. The molecule has 0 saturated carbocycles. The van der Waals surface area contributed by atoms with Crippen molar-refractivity contribution in [3.63, 3.8) is 0 Å². The number of para-hydroxylation sites is 2. The lowest BCUT2D eigenvalue weighted by molar-refractivity contribution is 0.600. The van der Waals surface area contributed by atoms with Crippen LogP contribution in [0.1, 0.15) is 28.1 Å². The number of sulfonamides is 1. The van der Waals surface area contributed by atoms with E-state index in [-0.39, 0.29) is 0 Å². The molecule has 0 radical (unpaired) electrons. The Morgan fingerprint density at radius 3 is 2.32 bits per heavy atom. The molecule has 3 aromatic carbocycles. The SMILES string of the molecule is Cc1cc(C)c(S(=O)(=O)Nc2cccc(CCc3nc4ccccc4n3C)c2)c(C)c1. The van der Waals surface area contributed by atoms with Crippen LogP contribution in [-0.4, -0.2) is 18.0 Å². The van der Waals surface area contributed by atoms with Crippen molar-refractivity contribution in [3.05, 3.63) is 88.7 Å². The van der Waals surface area contributed by atoms with Gasteiger partial charge in [0.05, 0.1) is 15.9 Å². The molecule has 0 fully saturated rings. The summed E-state index contributed by atoms with van der Waals surface area (Å²) in [5, 5.41) is 0. The Morgan fingerprint density at radius 2 is 1.61 bits per heavy atom. The van der Waals surface area contributed by atoms with Gasteiger partial charge in [-0.25, -0.2) is 13.4 Å². The number of benzene rings is 3. The van der Waals surface area contributed by atoms with Crippen molar-refractivity contribution >= 4 is 26.7 Å². The fourth-order valence-corrected chi connectivity index (χ4v) is 5.77. The summed E-state index contributed by atoms with van der Waals surface area (Å²) in [5.74, 6) is 1.01. The van der Waals surface area contributed by atoms with E-state index in [1.165, 1.54) is 0 Å². The van der Waals surface area contributed by atoms with Crippen LogP contribution in [0.3, 0.4) is 0 Å². The second-order valence-corrected chi connectivity index (χ2v) is 9.73. The van der Waals surface area contributed by atoms with E-state index < -0.39 is 10.0 Å². The summed E-state index contributed by atoms with van der Waals surface area (Å²) in [4.78, 5) is 5.08. The van der Waals surface area contributed by atoms with Crippen molar-refractivity contribution in [2.45, 2.75) is 38.5 Å². The van der Waals surface area contributed by atoms with Gasteiger partial charge in [-0.2, -0.15) is 0 Å². The van der Waals surface area contributed by atoms with E-state index in [0.717, 1.165) is 52.0 Å². The van der Waals surface area contributed by atoms with E-state index >= 15 is 0 Å². The van der Waals surface area contributed by atoms with Crippen molar-refractivity contribution in [2.75, 3.05) is 4.72 Å². The van der Waals surface area contributed by atoms with Crippen molar-refractivity contribution in [2.24, 2.45) is 7.05 Å². The largest absolute Gasteiger partial charge is 0.331 e. The van der Waals surface area contributed by atoms with Gasteiger partial charge in [0.1, 0.15) is 5.82 Å². The van der Waals surface area contributed by atoms with Crippen LogP contribution in [0.25, 0.3) is 11.0 Å². The fourth-order valence-electron chi connectivity index (χ4n) is 4.26. The Bertz CT molecular complexity index is 1350. The minimum absolute atomic E-state index is 0.350. The summed E-state index contributed by atoms with van der Waals surface area (Å²) in [7, 11) is -1.64. The average Bonchev–Trinajstić information content (AvgIpc) is 3.01. The maximum absolute atomic E-state index is 13.1. The molecule has 0 unspecified atom stereocenters. The molecule has 1 N–H and O–H groups in total. The molecule has 0 spiro atoms. The Morgan fingerprint density at radius 1 is 0.903 bits per heavy atom. The summed E-state index contributed by atoms with van der Waals surface area (Å²) in [6.45, 7) is 5.64. The van der Waals surface area contributed by atoms with Gasteiger partial charge in [-0.05, 0) is 68.1 Å². The first-order chi connectivity index (χ1) is 14.7. The molecular weight excluding hydrogens is 406 g/mol. The van der Waals surface area contributed by atoms with Crippen molar-refractivity contribution in [3.8, 4) is 0 Å². The summed E-state index contributed by atoms with van der Waals surface area (Å²) in [5.41, 5.74) is 6.29. The maximum Gasteiger partial charge on any atom is 0.262 e. The molecule has 6 heteroatoms. The molecule has 160 valence electrons. The van der Waals surface area contributed by atoms with Gasteiger partial charge in [0, 0.05) is 19.2 Å². The second-order valence-electron chi connectivity index (χ2n) is 8.11. The summed E-state index contributed by atoms with van der Waals surface area (Å²) < 4.78 is 31.0. The predicted octanol–water partition coefficient (Wildman–Crippen LogP) is 5.08. The molecular formula is C25H27N3O2S. The molecule has 0 saturated heterocycles. The zero-order valence-corrected chi connectivity index (χ0v) is 19.1. The highest BCUT2D eigenvalue weighted by molar-refractivity contribution is 7.92. The predicted molar refractivity (Wildman–Crippen MR) is 126 cm³/mol. The molecule has 0 aliphatic rings. The van der Waals surface area contributed by atoms with Gasteiger partial charge >= 0.3 is 0 Å². The number of fused-ring (bicyclic) bond motifs is 1. The van der Waals surface area contributed by atoms with Gasteiger partial charge < -0.3 is 4.57 Å². The zero-order valence-electron chi connectivity index (χ0n) is 18.3. The Hall–Kier alpha value is -3.12. The summed E-state index contributed by atoms with van der Waals surface area (Å²) in [6, 6.07) is 19.5. The molecule has 31 heavy (non-hydrogen) atoms. The standard InChI is InChI=1S/C25H27N3O2S/c1-17-14-18(2)25(19(3)15-17)31(29,30)27-21-9-7-8-20(16-21)12-13-24-26-22-10-5-6-11-23(22)28(24)4/h5-11,14-16,27H,12-13H2,1-4H3. The number of imidazole rings is 1. The number of aromatic nitrogens is 2. The normalized spacial score (nSPS) is 11.7. The molecule has 0 aliphatic carbocycles. The van der Waals surface area contributed by atoms with Gasteiger partial charge in [0.2, 0.25) is 0 Å². The molecule has 1 aromatic heterocycles. The number of anilines is 1. The third-order valence-electron chi connectivity index (χ3n) is 5.57. The Kier molecular flexibility index (Phi) is 5.58. The average molecular weight is 434 g/mol. The summed E-state index contributed by atoms with van der Waals surface area (Å²) >= 11 is 0. The van der Waals surface area contributed by atoms with Crippen LogP contribution in [0, 0.1) is 20.8 Å². The van der Waals surface area contributed by atoms with Gasteiger partial charge in [0.25, 0.3) is 10.0 Å². The van der Waals surface area contributed by atoms with Crippen molar-refractivity contribution in [1.82, 2.24) is 9.55 Å². The molecule has 5 nitrogen and oxygen atoms in total. The molecule has 4 rings (SSSR count). The number of rotatable bonds is 6. The van der Waals surface area contributed by atoms with Crippen LogP contribution in [-0.2, 0) is 29.9 Å². The van der Waals surface area contributed by atoms with E-state index in [0.29, 0.717) is 10.6 Å². The minimum Gasteiger partial charge on any atom is -0.331 e. The molecule has 0 atom stereocenters. The molecule has 1 heterocycles. The second kappa shape index (κ2) is 8.19. The highest BCUT2D eigenvalue weighted by Crippen LogP contribution is 2.25. The maximum atomic E-state index is 13.1. The zero-order chi connectivity index (χ0) is 22.2. The lowest BCUT2D eigenvalue weighted by atomic mass is 10.1. The third-order valence-corrected chi connectivity index (χ3v) is 7.26. The summed E-state index contributed by atoms with van der Waals surface area (Å²) in [6.07, 6.45) is 1.55. The highest BCUT2D eigenvalue weighted by atomic mass is 32.2. The van der Waals surface area contributed by atoms with Crippen molar-refractivity contribution in [1.29, 1.82) is 0 Å². The minimum atomic E-state index is -3.67. The number of hydrogen-bond acceptors (Lipinski definition) is 3. The Labute approximate surface area is 183 Å². The highest BCUT2D eigenvalue weighted by Gasteiger charge is 2.20. The van der Waals surface area contributed by atoms with E-state index in [2.05, 4.69) is 15.4 Å². The number of nitrogens with zero attached hydrogens (tertiary/aromatic N) is 2. The first-order valence-electron chi connectivity index (χ1n) is 10.3. The monoisotopic (exact) mass is 433 g/mol. The lowest BCUT2D eigenvalue weighted by Gasteiger charge is -2.14. The Balaban J connectivity index is 1.54. The molecule has 0 amide bonds. The van der Waals surface area contributed by atoms with Gasteiger partial charge in [0.15, 0.2) is 0 Å². The van der Waals surface area contributed by atoms with Crippen LogP contribution < -0.4 is 4.72 Å². The van der Waals surface area contributed by atoms with E-state index in [9.17, 15) is 8.42 Å². The van der Waals surface area contributed by atoms with Crippen LogP contribution in [0.4, 0.5) is 5.69 Å². The van der Waals surface area contributed by atoms with Crippen LogP contribution in [0.2, 0.25) is 0 Å². The first-order valence-corrected chi connectivity index (χ1v) is 11.8. The van der Waals surface area contributed by atoms with Crippen LogP contribution >= 0.6 is 0 Å².